The molecule has 3 nitrogen and oxygen atoms in total. The van der Waals surface area contributed by atoms with Gasteiger partial charge in [0.25, 0.3) is 0 Å². The molecule has 0 fully saturated rings. The van der Waals surface area contributed by atoms with Crippen molar-refractivity contribution in [3.05, 3.63) is 59.8 Å². The second kappa shape index (κ2) is 8.37. The number of nitrogens with zero attached hydrogens (tertiary/aromatic N) is 1. The Morgan fingerprint density at radius 2 is 1.87 bits per heavy atom. The molecule has 2 rings (SSSR count). The Labute approximate surface area is 138 Å². The van der Waals surface area contributed by atoms with Gasteiger partial charge in [-0.15, -0.1) is 0 Å². The van der Waals surface area contributed by atoms with Crippen molar-refractivity contribution in [3.8, 4) is 0 Å². The van der Waals surface area contributed by atoms with Gasteiger partial charge < -0.3 is 9.30 Å². The predicted octanol–water partition coefficient (Wildman–Crippen LogP) is 4.88. The van der Waals surface area contributed by atoms with Crippen LogP contribution in [-0.4, -0.2) is 17.1 Å². The van der Waals surface area contributed by atoms with Crippen LogP contribution in [0.5, 0.6) is 0 Å². The van der Waals surface area contributed by atoms with Crippen molar-refractivity contribution in [1.82, 2.24) is 4.57 Å². The summed E-state index contributed by atoms with van der Waals surface area (Å²) in [5, 5.41) is 1.28. The summed E-state index contributed by atoms with van der Waals surface area (Å²) in [6.07, 6.45) is 8.41. The van der Waals surface area contributed by atoms with Gasteiger partial charge in [-0.3, -0.25) is 4.79 Å². The minimum absolute atomic E-state index is 0.233. The molecule has 3 heteroatoms. The molecule has 0 bridgehead atoms. The smallest absolute Gasteiger partial charge is 0.302 e. The van der Waals surface area contributed by atoms with Crippen LogP contribution >= 0.6 is 0 Å². The van der Waals surface area contributed by atoms with Gasteiger partial charge in [-0.1, -0.05) is 35.4 Å². The zero-order chi connectivity index (χ0) is 16.7. The van der Waals surface area contributed by atoms with Crippen LogP contribution in [0.15, 0.2) is 59.8 Å². The maximum Gasteiger partial charge on any atom is 0.302 e. The summed E-state index contributed by atoms with van der Waals surface area (Å²) in [5.74, 6) is -0.233. The molecule has 0 N–H and O–H groups in total. The first-order valence-corrected chi connectivity index (χ1v) is 8.05. The molecule has 0 aliphatic carbocycles. The maximum absolute atomic E-state index is 10.7. The van der Waals surface area contributed by atoms with Gasteiger partial charge in [0.2, 0.25) is 0 Å². The second-order valence-corrected chi connectivity index (χ2v) is 5.94. The van der Waals surface area contributed by atoms with Crippen molar-refractivity contribution < 1.29 is 9.53 Å². The quantitative estimate of drug-likeness (QED) is 0.539. The van der Waals surface area contributed by atoms with E-state index in [9.17, 15) is 4.79 Å². The Bertz CT molecular complexity index is 722. The van der Waals surface area contributed by atoms with Crippen molar-refractivity contribution in [2.24, 2.45) is 0 Å². The van der Waals surface area contributed by atoms with Crippen LogP contribution in [0.3, 0.4) is 0 Å². The van der Waals surface area contributed by atoms with Crippen LogP contribution in [0.1, 0.15) is 33.6 Å². The zero-order valence-electron chi connectivity index (χ0n) is 14.2. The molecule has 1 aromatic heterocycles. The molecule has 1 heterocycles. The Morgan fingerprint density at radius 3 is 2.65 bits per heavy atom. The predicted molar refractivity (Wildman–Crippen MR) is 95.3 cm³/mol. The lowest BCUT2D eigenvalue weighted by molar-refractivity contribution is -0.139. The first-order valence-electron chi connectivity index (χ1n) is 8.05. The van der Waals surface area contributed by atoms with Crippen molar-refractivity contribution in [2.75, 3.05) is 6.61 Å². The molecule has 0 aliphatic rings. The van der Waals surface area contributed by atoms with E-state index in [0.717, 1.165) is 19.4 Å². The number of benzene rings is 1. The lowest BCUT2D eigenvalue weighted by Crippen LogP contribution is -1.98. The molecule has 23 heavy (non-hydrogen) atoms. The number of fused-ring (bicyclic) bond motifs is 1. The Hall–Kier alpha value is -2.29. The average molecular weight is 311 g/mol. The molecule has 0 atom stereocenters. The molecular weight excluding hydrogens is 286 g/mol. The summed E-state index contributed by atoms with van der Waals surface area (Å²) in [4.78, 5) is 10.7. The van der Waals surface area contributed by atoms with Crippen LogP contribution in [-0.2, 0) is 16.1 Å². The number of aromatic nitrogens is 1. The number of allylic oxidation sites excluding steroid dienone is 3. The number of hydrogen-bond acceptors (Lipinski definition) is 2. The molecule has 122 valence electrons. The molecule has 0 amide bonds. The van der Waals surface area contributed by atoms with Gasteiger partial charge in [-0.25, -0.2) is 0 Å². The molecule has 0 radical (unpaired) electrons. The van der Waals surface area contributed by atoms with Gasteiger partial charge in [0.05, 0.1) is 0 Å². The molecule has 2 aromatic rings. The third kappa shape index (κ3) is 5.44. The van der Waals surface area contributed by atoms with E-state index >= 15 is 0 Å². The highest BCUT2D eigenvalue weighted by Crippen LogP contribution is 2.17. The highest BCUT2D eigenvalue weighted by Gasteiger charge is 2.00. The van der Waals surface area contributed by atoms with E-state index < -0.39 is 0 Å². The van der Waals surface area contributed by atoms with Crippen LogP contribution in [0.4, 0.5) is 0 Å². The largest absolute Gasteiger partial charge is 0.462 e. The Kier molecular flexibility index (Phi) is 6.21. The van der Waals surface area contributed by atoms with Crippen molar-refractivity contribution in [1.29, 1.82) is 0 Å². The Balaban J connectivity index is 1.85. The van der Waals surface area contributed by atoms with E-state index in [1.807, 2.05) is 6.08 Å². The van der Waals surface area contributed by atoms with Gasteiger partial charge in [0.15, 0.2) is 0 Å². The van der Waals surface area contributed by atoms with E-state index in [0.29, 0.717) is 6.61 Å². The van der Waals surface area contributed by atoms with E-state index in [4.69, 9.17) is 4.74 Å². The zero-order valence-corrected chi connectivity index (χ0v) is 14.2. The van der Waals surface area contributed by atoms with Gasteiger partial charge in [0.1, 0.15) is 6.61 Å². The van der Waals surface area contributed by atoms with Crippen molar-refractivity contribution >= 4 is 16.9 Å². The molecule has 0 unspecified atom stereocenters. The summed E-state index contributed by atoms with van der Waals surface area (Å²) in [6, 6.07) is 10.6. The molecular formula is C20H25NO2. The maximum atomic E-state index is 10.7. The molecule has 0 saturated heterocycles. The normalized spacial score (nSPS) is 12.7. The summed E-state index contributed by atoms with van der Waals surface area (Å²) in [6.45, 7) is 6.97. The third-order valence-electron chi connectivity index (χ3n) is 3.85. The van der Waals surface area contributed by atoms with Crippen molar-refractivity contribution in [2.45, 2.75) is 40.2 Å². The lowest BCUT2D eigenvalue weighted by Gasteiger charge is -2.06. The molecule has 0 spiro atoms. The minimum atomic E-state index is -0.233. The minimum Gasteiger partial charge on any atom is -0.462 e. The second-order valence-electron chi connectivity index (χ2n) is 5.94. The highest BCUT2D eigenvalue weighted by atomic mass is 16.5. The monoisotopic (exact) mass is 311 g/mol. The SMILES string of the molecule is CC(=O)OC/C=C(\C)CC/C=C(\C)Cn1ccc2ccccc21. The first-order chi connectivity index (χ1) is 11.1. The van der Waals surface area contributed by atoms with Gasteiger partial charge in [-0.05, 0) is 50.3 Å². The van der Waals surface area contributed by atoms with Gasteiger partial charge >= 0.3 is 5.97 Å². The fourth-order valence-electron chi connectivity index (χ4n) is 2.56. The third-order valence-corrected chi connectivity index (χ3v) is 3.85. The number of ether oxygens (including phenoxy) is 1. The molecule has 0 saturated carbocycles. The topological polar surface area (TPSA) is 31.2 Å². The Morgan fingerprint density at radius 1 is 1.09 bits per heavy atom. The van der Waals surface area contributed by atoms with Crippen LogP contribution in [0.2, 0.25) is 0 Å². The standard InChI is InChI=1S/C20H25NO2/c1-16(12-14-23-18(3)22)7-6-8-17(2)15-21-13-11-19-9-4-5-10-20(19)21/h4-5,8-13H,6-7,14-15H2,1-3H3/b16-12+,17-8+. The molecule has 0 aliphatic heterocycles. The van der Waals surface area contributed by atoms with Gasteiger partial charge in [0, 0.05) is 25.2 Å². The average Bonchev–Trinajstić information content (AvgIpc) is 2.90. The van der Waals surface area contributed by atoms with Crippen LogP contribution in [0.25, 0.3) is 10.9 Å². The lowest BCUT2D eigenvalue weighted by atomic mass is 10.1. The summed E-state index contributed by atoms with van der Waals surface area (Å²) in [7, 11) is 0. The summed E-state index contributed by atoms with van der Waals surface area (Å²) in [5.41, 5.74) is 3.89. The summed E-state index contributed by atoms with van der Waals surface area (Å²) >= 11 is 0. The number of para-hydroxylation sites is 1. The van der Waals surface area contributed by atoms with E-state index in [1.165, 1.54) is 29.0 Å². The number of rotatable bonds is 7. The van der Waals surface area contributed by atoms with Crippen LogP contribution in [0, 0.1) is 0 Å². The highest BCUT2D eigenvalue weighted by molar-refractivity contribution is 5.79. The van der Waals surface area contributed by atoms with E-state index in [-0.39, 0.29) is 5.97 Å². The van der Waals surface area contributed by atoms with E-state index in [2.05, 4.69) is 61.0 Å². The van der Waals surface area contributed by atoms with Gasteiger partial charge in [-0.2, -0.15) is 0 Å². The number of esters is 1. The summed E-state index contributed by atoms with van der Waals surface area (Å²) < 4.78 is 7.20. The fraction of sp³-hybridized carbons (Fsp3) is 0.350. The van der Waals surface area contributed by atoms with Crippen molar-refractivity contribution in [3.63, 3.8) is 0 Å². The van der Waals surface area contributed by atoms with E-state index in [1.54, 1.807) is 0 Å². The number of carbonyl (C=O) groups excluding carboxylic acids is 1. The molecule has 1 aromatic carbocycles. The number of hydrogen-bond donors (Lipinski definition) is 0. The van der Waals surface area contributed by atoms with Crippen LogP contribution < -0.4 is 0 Å². The fourth-order valence-corrected chi connectivity index (χ4v) is 2.56. The first kappa shape index (κ1) is 17.1. The number of carbonyl (C=O) groups is 1.